The van der Waals surface area contributed by atoms with Gasteiger partial charge in [0.25, 0.3) is 0 Å². The van der Waals surface area contributed by atoms with Crippen LogP contribution in [0.1, 0.15) is 58.3 Å². The number of hydrogen-bond acceptors (Lipinski definition) is 3. The standard InChI is InChI=1S/C13H27NO2/c1-2-13(14,11-15)9-6-10-16-12-7-4-3-5-8-12/h12,15H,2-11,14H2,1H3. The van der Waals surface area contributed by atoms with Gasteiger partial charge in [-0.3, -0.25) is 0 Å². The largest absolute Gasteiger partial charge is 0.394 e. The molecule has 1 aliphatic carbocycles. The Kier molecular flexibility index (Phi) is 6.32. The molecule has 1 atom stereocenters. The lowest BCUT2D eigenvalue weighted by Gasteiger charge is -2.26. The third kappa shape index (κ3) is 4.81. The highest BCUT2D eigenvalue weighted by molar-refractivity contribution is 4.81. The molecule has 0 aromatic carbocycles. The lowest BCUT2D eigenvalue weighted by molar-refractivity contribution is 0.0226. The molecular formula is C13H27NO2. The van der Waals surface area contributed by atoms with E-state index in [4.69, 9.17) is 15.6 Å². The van der Waals surface area contributed by atoms with Gasteiger partial charge in [-0.25, -0.2) is 0 Å². The Morgan fingerprint density at radius 1 is 1.31 bits per heavy atom. The van der Waals surface area contributed by atoms with Crippen LogP contribution in [-0.2, 0) is 4.74 Å². The monoisotopic (exact) mass is 229 g/mol. The lowest BCUT2D eigenvalue weighted by atomic mass is 9.93. The molecule has 1 rings (SSSR count). The van der Waals surface area contributed by atoms with Crippen LogP contribution in [0.25, 0.3) is 0 Å². The van der Waals surface area contributed by atoms with Crippen molar-refractivity contribution in [3.8, 4) is 0 Å². The molecule has 0 bridgehead atoms. The van der Waals surface area contributed by atoms with Crippen LogP contribution in [0.15, 0.2) is 0 Å². The number of ether oxygens (including phenoxy) is 1. The molecule has 0 amide bonds. The summed E-state index contributed by atoms with van der Waals surface area (Å²) in [6, 6.07) is 0. The minimum absolute atomic E-state index is 0.0763. The van der Waals surface area contributed by atoms with Gasteiger partial charge in [0.2, 0.25) is 0 Å². The molecule has 0 radical (unpaired) electrons. The predicted molar refractivity (Wildman–Crippen MR) is 66.4 cm³/mol. The SMILES string of the molecule is CCC(N)(CO)CCCOC1CCCCC1. The molecule has 3 nitrogen and oxygen atoms in total. The van der Waals surface area contributed by atoms with Crippen LogP contribution >= 0.6 is 0 Å². The molecule has 0 aromatic rings. The second kappa shape index (κ2) is 7.25. The van der Waals surface area contributed by atoms with Gasteiger partial charge >= 0.3 is 0 Å². The van der Waals surface area contributed by atoms with Crippen molar-refractivity contribution in [2.45, 2.75) is 69.9 Å². The first kappa shape index (κ1) is 13.9. The van der Waals surface area contributed by atoms with E-state index < -0.39 is 5.54 Å². The molecule has 3 heteroatoms. The second-order valence-corrected chi connectivity index (χ2v) is 5.11. The van der Waals surface area contributed by atoms with E-state index in [0.717, 1.165) is 25.9 Å². The van der Waals surface area contributed by atoms with Gasteiger partial charge in [0.1, 0.15) is 0 Å². The van der Waals surface area contributed by atoms with Crippen LogP contribution in [0.2, 0.25) is 0 Å². The highest BCUT2D eigenvalue weighted by atomic mass is 16.5. The molecular weight excluding hydrogens is 202 g/mol. The van der Waals surface area contributed by atoms with Gasteiger partial charge in [0.05, 0.1) is 12.7 Å². The molecule has 96 valence electrons. The Labute approximate surface area is 99.4 Å². The van der Waals surface area contributed by atoms with Crippen molar-refractivity contribution in [1.29, 1.82) is 0 Å². The van der Waals surface area contributed by atoms with Crippen LogP contribution in [0.5, 0.6) is 0 Å². The average Bonchev–Trinajstić information content (AvgIpc) is 2.36. The Bertz CT molecular complexity index is 175. The van der Waals surface area contributed by atoms with Gasteiger partial charge < -0.3 is 15.6 Å². The van der Waals surface area contributed by atoms with E-state index in [1.165, 1.54) is 32.1 Å². The minimum Gasteiger partial charge on any atom is -0.394 e. The van der Waals surface area contributed by atoms with E-state index in [0.29, 0.717) is 6.10 Å². The molecule has 0 aromatic heterocycles. The van der Waals surface area contributed by atoms with E-state index in [2.05, 4.69) is 0 Å². The van der Waals surface area contributed by atoms with Crippen LogP contribution in [0, 0.1) is 0 Å². The van der Waals surface area contributed by atoms with Gasteiger partial charge in [0.15, 0.2) is 0 Å². The number of hydrogen-bond donors (Lipinski definition) is 2. The van der Waals surface area contributed by atoms with Crippen LogP contribution in [0.3, 0.4) is 0 Å². The fraction of sp³-hybridized carbons (Fsp3) is 1.00. The number of nitrogens with two attached hydrogens (primary N) is 1. The summed E-state index contributed by atoms with van der Waals surface area (Å²) < 4.78 is 5.83. The second-order valence-electron chi connectivity index (χ2n) is 5.11. The van der Waals surface area contributed by atoms with Crippen molar-refractivity contribution in [1.82, 2.24) is 0 Å². The molecule has 1 aliphatic rings. The van der Waals surface area contributed by atoms with E-state index in [-0.39, 0.29) is 6.61 Å². The quantitative estimate of drug-likeness (QED) is 0.658. The van der Waals surface area contributed by atoms with Gasteiger partial charge in [-0.15, -0.1) is 0 Å². The molecule has 1 saturated carbocycles. The topological polar surface area (TPSA) is 55.5 Å². The number of aliphatic hydroxyl groups excluding tert-OH is 1. The van der Waals surface area contributed by atoms with Crippen molar-refractivity contribution >= 4 is 0 Å². The lowest BCUT2D eigenvalue weighted by Crippen LogP contribution is -2.43. The van der Waals surface area contributed by atoms with Gasteiger partial charge in [-0.1, -0.05) is 26.2 Å². The molecule has 16 heavy (non-hydrogen) atoms. The van der Waals surface area contributed by atoms with Crippen LogP contribution in [0.4, 0.5) is 0 Å². The zero-order chi connectivity index (χ0) is 11.9. The van der Waals surface area contributed by atoms with Crippen LogP contribution < -0.4 is 5.73 Å². The third-order valence-corrected chi connectivity index (χ3v) is 3.74. The van der Waals surface area contributed by atoms with Crippen molar-refractivity contribution in [3.63, 3.8) is 0 Å². The fourth-order valence-electron chi connectivity index (χ4n) is 2.27. The molecule has 0 saturated heterocycles. The summed E-state index contributed by atoms with van der Waals surface area (Å²) in [5, 5.41) is 9.17. The Balaban J connectivity index is 2.06. The Morgan fingerprint density at radius 3 is 2.56 bits per heavy atom. The summed E-state index contributed by atoms with van der Waals surface area (Å²) in [6.07, 6.45) is 9.57. The van der Waals surface area contributed by atoms with Crippen molar-refractivity contribution in [2.24, 2.45) is 5.73 Å². The smallest absolute Gasteiger partial charge is 0.0611 e. The highest BCUT2D eigenvalue weighted by Crippen LogP contribution is 2.21. The summed E-state index contributed by atoms with van der Waals surface area (Å²) in [6.45, 7) is 2.90. The van der Waals surface area contributed by atoms with E-state index in [1.807, 2.05) is 6.92 Å². The number of rotatable bonds is 7. The first-order valence-electron chi connectivity index (χ1n) is 6.71. The zero-order valence-electron chi connectivity index (χ0n) is 10.6. The van der Waals surface area contributed by atoms with Crippen molar-refractivity contribution in [2.75, 3.05) is 13.2 Å². The summed E-state index contributed by atoms with van der Waals surface area (Å²) in [7, 11) is 0. The maximum absolute atomic E-state index is 9.17. The normalized spacial score (nSPS) is 21.9. The molecule has 1 unspecified atom stereocenters. The first-order valence-corrected chi connectivity index (χ1v) is 6.71. The van der Waals surface area contributed by atoms with Gasteiger partial charge in [-0.2, -0.15) is 0 Å². The first-order chi connectivity index (χ1) is 7.70. The van der Waals surface area contributed by atoms with E-state index in [9.17, 15) is 0 Å². The summed E-state index contributed by atoms with van der Waals surface area (Å²) >= 11 is 0. The third-order valence-electron chi connectivity index (χ3n) is 3.74. The molecule has 1 fully saturated rings. The highest BCUT2D eigenvalue weighted by Gasteiger charge is 2.21. The van der Waals surface area contributed by atoms with Gasteiger partial charge in [0, 0.05) is 12.1 Å². The van der Waals surface area contributed by atoms with Crippen molar-refractivity contribution in [3.05, 3.63) is 0 Å². The van der Waals surface area contributed by atoms with Crippen LogP contribution in [-0.4, -0.2) is 30.0 Å². The van der Waals surface area contributed by atoms with Gasteiger partial charge in [-0.05, 0) is 32.1 Å². The average molecular weight is 229 g/mol. The molecule has 0 spiro atoms. The Hall–Kier alpha value is -0.120. The maximum Gasteiger partial charge on any atom is 0.0611 e. The summed E-state index contributed by atoms with van der Waals surface area (Å²) in [5.41, 5.74) is 5.62. The van der Waals surface area contributed by atoms with E-state index in [1.54, 1.807) is 0 Å². The minimum atomic E-state index is -0.393. The zero-order valence-corrected chi connectivity index (χ0v) is 10.6. The summed E-state index contributed by atoms with van der Waals surface area (Å²) in [4.78, 5) is 0. The Morgan fingerprint density at radius 2 is 2.00 bits per heavy atom. The molecule has 3 N–H and O–H groups in total. The molecule has 0 heterocycles. The van der Waals surface area contributed by atoms with E-state index >= 15 is 0 Å². The predicted octanol–water partition coefficient (Wildman–Crippen LogP) is 2.22. The van der Waals surface area contributed by atoms with Crippen molar-refractivity contribution < 1.29 is 9.84 Å². The summed E-state index contributed by atoms with van der Waals surface area (Å²) in [5.74, 6) is 0. The fourth-order valence-corrected chi connectivity index (χ4v) is 2.27. The molecule has 0 aliphatic heterocycles. The number of aliphatic hydroxyl groups is 1. The maximum atomic E-state index is 9.17.